The van der Waals surface area contributed by atoms with Crippen LogP contribution in [-0.2, 0) is 25.6 Å². The zero-order valence-corrected chi connectivity index (χ0v) is 19.2. The van der Waals surface area contributed by atoms with Crippen molar-refractivity contribution in [3.63, 3.8) is 0 Å². The summed E-state index contributed by atoms with van der Waals surface area (Å²) in [4.78, 5) is 49.1. The van der Waals surface area contributed by atoms with Gasteiger partial charge in [0.1, 0.15) is 24.2 Å². The number of rotatable bonds is 15. The first kappa shape index (κ1) is 28.4. The first-order chi connectivity index (χ1) is 15.7. The van der Waals surface area contributed by atoms with Gasteiger partial charge in [0.15, 0.2) is 0 Å². The molecule has 0 unspecified atom stereocenters. The van der Waals surface area contributed by atoms with Gasteiger partial charge in [-0.1, -0.05) is 30.3 Å². The molecule has 1 aromatic carbocycles. The third-order valence-electron chi connectivity index (χ3n) is 4.83. The van der Waals surface area contributed by atoms with Crippen molar-refractivity contribution < 1.29 is 29.4 Å². The van der Waals surface area contributed by atoms with Gasteiger partial charge in [0.2, 0.25) is 17.7 Å². The van der Waals surface area contributed by atoms with Crippen LogP contribution in [0.25, 0.3) is 0 Å². The van der Waals surface area contributed by atoms with E-state index in [4.69, 9.17) is 16.6 Å². The van der Waals surface area contributed by atoms with Crippen LogP contribution in [0.2, 0.25) is 0 Å². The lowest BCUT2D eigenvalue weighted by atomic mass is 10.1. The van der Waals surface area contributed by atoms with E-state index in [2.05, 4.69) is 28.6 Å². The number of hydrogen-bond acceptors (Lipinski definition) is 8. The lowest BCUT2D eigenvalue weighted by molar-refractivity contribution is -0.142. The fraction of sp³-hybridized carbons (Fsp3) is 0.524. The van der Waals surface area contributed by atoms with Crippen molar-refractivity contribution in [2.75, 3.05) is 18.9 Å². The molecule has 1 aromatic rings. The predicted octanol–water partition coefficient (Wildman–Crippen LogP) is -1.85. The summed E-state index contributed by atoms with van der Waals surface area (Å²) in [5.74, 6) is -3.42. The topological polar surface area (TPSA) is 197 Å². The van der Waals surface area contributed by atoms with Crippen LogP contribution in [0.3, 0.4) is 0 Å². The fourth-order valence-corrected chi connectivity index (χ4v) is 3.17. The second-order valence-corrected chi connectivity index (χ2v) is 7.83. The van der Waals surface area contributed by atoms with Gasteiger partial charge in [-0.25, -0.2) is 4.79 Å². The van der Waals surface area contributed by atoms with Gasteiger partial charge in [0.25, 0.3) is 0 Å². The summed E-state index contributed by atoms with van der Waals surface area (Å²) in [6, 6.07) is 4.23. The van der Waals surface area contributed by atoms with Crippen LogP contribution in [0.1, 0.15) is 24.8 Å². The zero-order chi connectivity index (χ0) is 24.8. The Hall–Kier alpha value is -2.67. The van der Waals surface area contributed by atoms with E-state index in [1.165, 1.54) is 0 Å². The highest BCUT2D eigenvalue weighted by Crippen LogP contribution is 2.06. The highest BCUT2D eigenvalue weighted by Gasteiger charge is 2.29. The van der Waals surface area contributed by atoms with Crippen LogP contribution in [0.15, 0.2) is 30.3 Å². The molecule has 4 atom stereocenters. The molecule has 0 radical (unpaired) electrons. The molecule has 11 nitrogen and oxygen atoms in total. The minimum atomic E-state index is -1.22. The summed E-state index contributed by atoms with van der Waals surface area (Å²) in [6.45, 7) is -0.194. The Morgan fingerprint density at radius 1 is 0.909 bits per heavy atom. The monoisotopic (exact) mass is 483 g/mol. The van der Waals surface area contributed by atoms with Gasteiger partial charge in [-0.15, -0.1) is 0 Å². The number of carbonyl (C=O) groups is 4. The van der Waals surface area contributed by atoms with E-state index < -0.39 is 54.5 Å². The minimum Gasteiger partial charge on any atom is -0.480 e. The van der Waals surface area contributed by atoms with E-state index in [0.29, 0.717) is 19.4 Å². The van der Waals surface area contributed by atoms with Crippen molar-refractivity contribution in [2.45, 2.75) is 49.9 Å². The number of benzene rings is 1. The molecule has 0 aliphatic heterocycles. The summed E-state index contributed by atoms with van der Waals surface area (Å²) >= 11 is 4.09. The minimum absolute atomic E-state index is 0.0615. The quantitative estimate of drug-likeness (QED) is 0.105. The maximum atomic E-state index is 12.8. The molecule has 0 spiro atoms. The molecule has 0 aromatic heterocycles. The number of aliphatic carboxylic acids is 1. The third-order valence-corrected chi connectivity index (χ3v) is 5.19. The van der Waals surface area contributed by atoms with Crippen molar-refractivity contribution in [1.29, 1.82) is 0 Å². The van der Waals surface area contributed by atoms with Gasteiger partial charge >= 0.3 is 5.97 Å². The molecule has 1 rings (SSSR count). The van der Waals surface area contributed by atoms with E-state index in [9.17, 15) is 24.3 Å². The largest absolute Gasteiger partial charge is 0.480 e. The molecule has 0 bridgehead atoms. The molecule has 9 N–H and O–H groups in total. The molecule has 33 heavy (non-hydrogen) atoms. The number of nitrogens with one attached hydrogen (secondary N) is 3. The second-order valence-electron chi connectivity index (χ2n) is 7.47. The highest BCUT2D eigenvalue weighted by atomic mass is 32.1. The van der Waals surface area contributed by atoms with Crippen molar-refractivity contribution >= 4 is 36.3 Å². The zero-order valence-electron chi connectivity index (χ0n) is 18.3. The summed E-state index contributed by atoms with van der Waals surface area (Å²) in [5.41, 5.74) is 11.7. The normalized spacial score (nSPS) is 14.4. The highest BCUT2D eigenvalue weighted by molar-refractivity contribution is 7.80. The Balaban J connectivity index is 2.84. The Morgan fingerprint density at radius 3 is 2.03 bits per heavy atom. The summed E-state index contributed by atoms with van der Waals surface area (Å²) in [6.07, 6.45) is 1.44. The molecule has 0 aliphatic rings. The van der Waals surface area contributed by atoms with Crippen LogP contribution in [0.4, 0.5) is 0 Å². The second kappa shape index (κ2) is 15.2. The number of amides is 3. The van der Waals surface area contributed by atoms with Crippen molar-refractivity contribution in [3.05, 3.63) is 35.9 Å². The molecule has 3 amide bonds. The Kier molecular flexibility index (Phi) is 13.1. The van der Waals surface area contributed by atoms with Gasteiger partial charge in [0, 0.05) is 12.2 Å². The first-order valence-electron chi connectivity index (χ1n) is 10.6. The van der Waals surface area contributed by atoms with Gasteiger partial charge in [-0.2, -0.15) is 12.6 Å². The van der Waals surface area contributed by atoms with Crippen LogP contribution in [0.5, 0.6) is 0 Å². The molecule has 184 valence electrons. The maximum Gasteiger partial charge on any atom is 0.326 e. The number of nitrogens with two attached hydrogens (primary N) is 2. The Bertz CT molecular complexity index is 782. The van der Waals surface area contributed by atoms with Crippen molar-refractivity contribution in [1.82, 2.24) is 16.0 Å². The van der Waals surface area contributed by atoms with Crippen molar-refractivity contribution in [2.24, 2.45) is 11.5 Å². The lowest BCUT2D eigenvalue weighted by Crippen LogP contribution is -2.58. The average Bonchev–Trinajstić information content (AvgIpc) is 2.81. The van der Waals surface area contributed by atoms with E-state index in [-0.39, 0.29) is 18.6 Å². The fourth-order valence-electron chi connectivity index (χ4n) is 2.91. The van der Waals surface area contributed by atoms with E-state index in [0.717, 1.165) is 5.56 Å². The number of carbonyl (C=O) groups excluding carboxylic acids is 3. The number of hydrogen-bond donors (Lipinski definition) is 8. The average molecular weight is 484 g/mol. The summed E-state index contributed by atoms with van der Waals surface area (Å²) in [5, 5.41) is 25.9. The molecule has 12 heteroatoms. The maximum absolute atomic E-state index is 12.8. The van der Waals surface area contributed by atoms with Crippen LogP contribution >= 0.6 is 12.6 Å². The predicted molar refractivity (Wildman–Crippen MR) is 125 cm³/mol. The van der Waals surface area contributed by atoms with Gasteiger partial charge < -0.3 is 37.6 Å². The number of carboxylic acids is 1. The van der Waals surface area contributed by atoms with Gasteiger partial charge in [-0.05, 0) is 31.4 Å². The molecule has 0 aliphatic carbocycles. The SMILES string of the molecule is NCCCC[C@H](NC(=O)[C@@H](N)CO)C(=O)N[C@@H](CS)C(=O)N[C@@H](Cc1ccccc1)C(=O)O. The third kappa shape index (κ3) is 10.2. The molecule has 0 saturated carbocycles. The Labute approximate surface area is 198 Å². The van der Waals surface area contributed by atoms with E-state index in [1.807, 2.05) is 0 Å². The molecule has 0 heterocycles. The standard InChI is InChI=1S/C21H33N5O6S/c22-9-5-4-8-15(24-18(28)14(23)11-27)19(29)26-17(12-33)20(30)25-16(21(31)32)10-13-6-2-1-3-7-13/h1-3,6-7,14-17,27,33H,4-5,8-12,22-23H2,(H,24,28)(H,25,30)(H,26,29)(H,31,32)/t14-,15-,16-,17-/m0/s1. The van der Waals surface area contributed by atoms with Crippen LogP contribution in [-0.4, -0.2) is 77.0 Å². The molecule has 0 fully saturated rings. The Morgan fingerprint density at radius 2 is 1.48 bits per heavy atom. The van der Waals surface area contributed by atoms with Crippen LogP contribution < -0.4 is 27.4 Å². The molecule has 0 saturated heterocycles. The number of thiol groups is 1. The van der Waals surface area contributed by atoms with Crippen LogP contribution in [0, 0.1) is 0 Å². The summed E-state index contributed by atoms with van der Waals surface area (Å²) in [7, 11) is 0. The van der Waals surface area contributed by atoms with E-state index >= 15 is 0 Å². The van der Waals surface area contributed by atoms with Gasteiger partial charge in [-0.3, -0.25) is 14.4 Å². The van der Waals surface area contributed by atoms with E-state index in [1.54, 1.807) is 30.3 Å². The number of aliphatic hydroxyl groups excluding tert-OH is 1. The first-order valence-corrected chi connectivity index (χ1v) is 11.2. The van der Waals surface area contributed by atoms with Crippen molar-refractivity contribution in [3.8, 4) is 0 Å². The number of aliphatic hydroxyl groups is 1. The number of unbranched alkanes of at least 4 members (excludes halogenated alkanes) is 1. The number of carboxylic acid groups (broad SMARTS) is 1. The lowest BCUT2D eigenvalue weighted by Gasteiger charge is -2.24. The smallest absolute Gasteiger partial charge is 0.326 e. The molecular weight excluding hydrogens is 450 g/mol. The molecular formula is C21H33N5O6S. The van der Waals surface area contributed by atoms with Gasteiger partial charge in [0.05, 0.1) is 6.61 Å². The summed E-state index contributed by atoms with van der Waals surface area (Å²) < 4.78 is 0.